The number of phenols is 2. The Bertz CT molecular complexity index is 943. The summed E-state index contributed by atoms with van der Waals surface area (Å²) in [6.07, 6.45) is -0.0728. The van der Waals surface area contributed by atoms with Gasteiger partial charge in [0, 0.05) is 12.0 Å². The SMILES string of the molecule is COc1cccc2c1C(=O)c1c(O)c(CCC(=O)CO)cc(O)c1C2=O. The highest BCUT2D eigenvalue weighted by atomic mass is 16.5. The van der Waals surface area contributed by atoms with E-state index in [4.69, 9.17) is 9.84 Å². The Hall–Kier alpha value is -3.19. The second-order valence-electron chi connectivity index (χ2n) is 5.89. The van der Waals surface area contributed by atoms with Crippen molar-refractivity contribution in [2.24, 2.45) is 0 Å². The number of aliphatic hydroxyl groups is 1. The molecule has 1 aliphatic rings. The smallest absolute Gasteiger partial charge is 0.202 e. The first-order valence-corrected chi connectivity index (χ1v) is 7.87. The average molecular weight is 356 g/mol. The quantitative estimate of drug-likeness (QED) is 0.590. The van der Waals surface area contributed by atoms with Gasteiger partial charge in [-0.05, 0) is 24.1 Å². The molecular weight excluding hydrogens is 340 g/mol. The van der Waals surface area contributed by atoms with Gasteiger partial charge >= 0.3 is 0 Å². The lowest BCUT2D eigenvalue weighted by Crippen LogP contribution is -2.22. The first-order chi connectivity index (χ1) is 12.4. The number of aliphatic hydroxyl groups excluding tert-OH is 1. The number of methoxy groups -OCH3 is 1. The number of aryl methyl sites for hydroxylation is 1. The minimum Gasteiger partial charge on any atom is -0.507 e. The molecule has 0 amide bonds. The number of ketones is 3. The number of aromatic hydroxyl groups is 2. The molecule has 26 heavy (non-hydrogen) atoms. The number of benzene rings is 2. The summed E-state index contributed by atoms with van der Waals surface area (Å²) in [5, 5.41) is 29.6. The Morgan fingerprint density at radius 2 is 1.81 bits per heavy atom. The Balaban J connectivity index is 2.18. The zero-order chi connectivity index (χ0) is 19.0. The van der Waals surface area contributed by atoms with Crippen molar-refractivity contribution >= 4 is 17.3 Å². The molecule has 0 radical (unpaired) electrons. The molecule has 2 aromatic rings. The maximum atomic E-state index is 12.9. The highest BCUT2D eigenvalue weighted by Gasteiger charge is 2.37. The normalized spacial score (nSPS) is 12.5. The average Bonchev–Trinajstić information content (AvgIpc) is 2.65. The number of carbonyl (C=O) groups excluding carboxylic acids is 3. The Labute approximate surface area is 148 Å². The highest BCUT2D eigenvalue weighted by molar-refractivity contribution is 6.31. The van der Waals surface area contributed by atoms with E-state index in [1.807, 2.05) is 0 Å². The van der Waals surface area contributed by atoms with Crippen molar-refractivity contribution in [1.82, 2.24) is 0 Å². The fraction of sp³-hybridized carbons (Fsp3) is 0.211. The molecule has 0 spiro atoms. The maximum Gasteiger partial charge on any atom is 0.202 e. The lowest BCUT2D eigenvalue weighted by Gasteiger charge is -2.22. The van der Waals surface area contributed by atoms with E-state index in [2.05, 4.69) is 0 Å². The van der Waals surface area contributed by atoms with Crippen LogP contribution in [0.4, 0.5) is 0 Å². The van der Waals surface area contributed by atoms with Crippen LogP contribution in [0.15, 0.2) is 24.3 Å². The summed E-state index contributed by atoms with van der Waals surface area (Å²) in [6.45, 7) is -0.639. The molecule has 0 bridgehead atoms. The van der Waals surface area contributed by atoms with Crippen LogP contribution >= 0.6 is 0 Å². The first kappa shape index (κ1) is 17.6. The van der Waals surface area contributed by atoms with Gasteiger partial charge in [-0.2, -0.15) is 0 Å². The molecule has 7 nitrogen and oxygen atoms in total. The number of fused-ring (bicyclic) bond motifs is 2. The van der Waals surface area contributed by atoms with E-state index >= 15 is 0 Å². The van der Waals surface area contributed by atoms with E-state index in [0.29, 0.717) is 0 Å². The van der Waals surface area contributed by atoms with Gasteiger partial charge in [0.25, 0.3) is 0 Å². The number of rotatable bonds is 5. The van der Waals surface area contributed by atoms with Crippen LogP contribution in [0.3, 0.4) is 0 Å². The van der Waals surface area contributed by atoms with Gasteiger partial charge in [0.2, 0.25) is 5.78 Å². The molecule has 3 N–H and O–H groups in total. The van der Waals surface area contributed by atoms with Crippen LogP contribution in [0.5, 0.6) is 17.2 Å². The van der Waals surface area contributed by atoms with Crippen LogP contribution in [0.1, 0.15) is 43.8 Å². The molecule has 134 valence electrons. The first-order valence-electron chi connectivity index (χ1n) is 7.87. The minimum absolute atomic E-state index is 0.00627. The second-order valence-corrected chi connectivity index (χ2v) is 5.89. The van der Waals surface area contributed by atoms with Crippen LogP contribution in [0, 0.1) is 0 Å². The van der Waals surface area contributed by atoms with E-state index in [1.165, 1.54) is 19.2 Å². The van der Waals surface area contributed by atoms with Crippen molar-refractivity contribution in [2.45, 2.75) is 12.8 Å². The standard InChI is InChI=1S/C19H16O7/c1-26-13-4-2-3-11-14(13)19(25)16-15(18(11)24)12(22)7-9(17(16)23)5-6-10(21)8-20/h2-4,7,20,22-23H,5-6,8H2,1H3. The van der Waals surface area contributed by atoms with Crippen molar-refractivity contribution in [3.8, 4) is 17.2 Å². The van der Waals surface area contributed by atoms with Gasteiger partial charge in [-0.15, -0.1) is 0 Å². The fourth-order valence-electron chi connectivity index (χ4n) is 3.09. The van der Waals surface area contributed by atoms with Gasteiger partial charge in [0.05, 0.1) is 23.8 Å². The van der Waals surface area contributed by atoms with Crippen LogP contribution in [-0.4, -0.2) is 46.4 Å². The summed E-state index contributed by atoms with van der Waals surface area (Å²) >= 11 is 0. The van der Waals surface area contributed by atoms with Crippen molar-refractivity contribution in [2.75, 3.05) is 13.7 Å². The van der Waals surface area contributed by atoms with Gasteiger partial charge in [0.15, 0.2) is 11.6 Å². The third kappa shape index (κ3) is 2.62. The monoisotopic (exact) mass is 356 g/mol. The fourth-order valence-corrected chi connectivity index (χ4v) is 3.09. The van der Waals surface area contributed by atoms with E-state index < -0.39 is 35.5 Å². The lowest BCUT2D eigenvalue weighted by atomic mass is 9.81. The zero-order valence-electron chi connectivity index (χ0n) is 13.9. The van der Waals surface area contributed by atoms with Crippen LogP contribution < -0.4 is 4.74 Å². The molecule has 2 aromatic carbocycles. The lowest BCUT2D eigenvalue weighted by molar-refractivity contribution is -0.121. The second kappa shape index (κ2) is 6.61. The minimum atomic E-state index is -0.643. The summed E-state index contributed by atoms with van der Waals surface area (Å²) in [4.78, 5) is 37.0. The summed E-state index contributed by atoms with van der Waals surface area (Å²) < 4.78 is 5.15. The number of ether oxygens (including phenoxy) is 1. The van der Waals surface area contributed by atoms with Gasteiger partial charge in [-0.3, -0.25) is 14.4 Å². The van der Waals surface area contributed by atoms with Crippen LogP contribution in [-0.2, 0) is 11.2 Å². The third-order valence-electron chi connectivity index (χ3n) is 4.38. The number of phenolic OH excluding ortho intramolecular Hbond substituents is 2. The summed E-state index contributed by atoms with van der Waals surface area (Å²) in [7, 11) is 1.36. The number of hydrogen-bond donors (Lipinski definition) is 3. The van der Waals surface area contributed by atoms with Gasteiger partial charge in [-0.25, -0.2) is 0 Å². The van der Waals surface area contributed by atoms with Crippen molar-refractivity contribution in [1.29, 1.82) is 0 Å². The summed E-state index contributed by atoms with van der Waals surface area (Å²) in [5.41, 5.74) is -0.336. The highest BCUT2D eigenvalue weighted by Crippen LogP contribution is 2.42. The summed E-state index contributed by atoms with van der Waals surface area (Å²) in [6, 6.07) is 5.69. The van der Waals surface area contributed by atoms with Gasteiger partial charge in [-0.1, -0.05) is 12.1 Å². The maximum absolute atomic E-state index is 12.9. The molecule has 0 heterocycles. The van der Waals surface area contributed by atoms with Gasteiger partial charge < -0.3 is 20.1 Å². The predicted molar refractivity (Wildman–Crippen MR) is 90.0 cm³/mol. The zero-order valence-corrected chi connectivity index (χ0v) is 13.9. The molecule has 0 aliphatic heterocycles. The Morgan fingerprint density at radius 3 is 2.46 bits per heavy atom. The molecule has 0 aromatic heterocycles. The van der Waals surface area contributed by atoms with Gasteiger partial charge in [0.1, 0.15) is 23.9 Å². The van der Waals surface area contributed by atoms with E-state index in [-0.39, 0.29) is 46.4 Å². The topological polar surface area (TPSA) is 121 Å². The number of carbonyl (C=O) groups is 3. The van der Waals surface area contributed by atoms with Crippen molar-refractivity contribution < 1.29 is 34.4 Å². The van der Waals surface area contributed by atoms with Crippen LogP contribution in [0.25, 0.3) is 0 Å². The van der Waals surface area contributed by atoms with Crippen molar-refractivity contribution in [3.63, 3.8) is 0 Å². The number of Topliss-reactive ketones (excluding diaryl/α,β-unsaturated/α-hetero) is 1. The Kier molecular flexibility index (Phi) is 4.48. The molecule has 3 rings (SSSR count). The molecule has 1 aliphatic carbocycles. The largest absolute Gasteiger partial charge is 0.507 e. The molecule has 0 atom stereocenters. The molecule has 0 saturated carbocycles. The van der Waals surface area contributed by atoms with E-state index in [9.17, 15) is 24.6 Å². The molecule has 0 saturated heterocycles. The molecular formula is C19H16O7. The molecule has 0 unspecified atom stereocenters. The molecule has 0 fully saturated rings. The van der Waals surface area contributed by atoms with Crippen molar-refractivity contribution in [3.05, 3.63) is 52.1 Å². The molecule has 7 heteroatoms. The Morgan fingerprint density at radius 1 is 1.08 bits per heavy atom. The van der Waals surface area contributed by atoms with Crippen LogP contribution in [0.2, 0.25) is 0 Å². The van der Waals surface area contributed by atoms with E-state index in [1.54, 1.807) is 6.07 Å². The summed E-state index contributed by atoms with van der Waals surface area (Å²) in [5.74, 6) is -2.41. The number of hydrogen-bond acceptors (Lipinski definition) is 7. The van der Waals surface area contributed by atoms with E-state index in [0.717, 1.165) is 6.07 Å². The third-order valence-corrected chi connectivity index (χ3v) is 4.38. The predicted octanol–water partition coefficient (Wildman–Crippen LogP) is 1.38.